The molecule has 0 amide bonds. The third-order valence-corrected chi connectivity index (χ3v) is 9.47. The predicted molar refractivity (Wildman–Crippen MR) is 148 cm³/mol. The molecule has 0 N–H and O–H groups in total. The Balaban J connectivity index is 1.08. The molecule has 0 unspecified atom stereocenters. The molecule has 3 fully saturated rings. The van der Waals surface area contributed by atoms with Crippen molar-refractivity contribution in [2.45, 2.75) is 95.8 Å². The van der Waals surface area contributed by atoms with Crippen LogP contribution in [0.3, 0.4) is 0 Å². The van der Waals surface area contributed by atoms with Crippen LogP contribution in [0, 0.1) is 35.3 Å². The molecule has 4 nitrogen and oxygen atoms in total. The van der Waals surface area contributed by atoms with E-state index in [-0.39, 0.29) is 30.5 Å². The zero-order valence-corrected chi connectivity index (χ0v) is 24.7. The van der Waals surface area contributed by atoms with Gasteiger partial charge in [0.1, 0.15) is 11.6 Å². The van der Waals surface area contributed by atoms with E-state index in [9.17, 15) is 26.3 Å². The number of benzene rings is 2. The Kier molecular flexibility index (Phi) is 10.3. The van der Waals surface area contributed by atoms with E-state index >= 15 is 4.39 Å². The van der Waals surface area contributed by atoms with Gasteiger partial charge in [-0.2, -0.15) is 8.78 Å². The summed E-state index contributed by atoms with van der Waals surface area (Å²) in [6.45, 7) is 3.34. The molecule has 0 radical (unpaired) electrons. The Hall–Kier alpha value is -2.53. The zero-order chi connectivity index (χ0) is 31.5. The molecule has 5 rings (SSSR count). The first kappa shape index (κ1) is 32.9. The lowest BCUT2D eigenvalue weighted by Gasteiger charge is -2.39. The molecule has 2 aromatic rings. The second kappa shape index (κ2) is 13.8. The maximum atomic E-state index is 15.2. The zero-order valence-electron chi connectivity index (χ0n) is 24.7. The lowest BCUT2D eigenvalue weighted by atomic mass is 9.68. The van der Waals surface area contributed by atoms with Crippen molar-refractivity contribution >= 4 is 0 Å². The summed E-state index contributed by atoms with van der Waals surface area (Å²) in [4.78, 5) is 0. The van der Waals surface area contributed by atoms with Gasteiger partial charge in [-0.25, -0.2) is 8.78 Å². The van der Waals surface area contributed by atoms with Gasteiger partial charge in [0, 0.05) is 17.5 Å². The minimum Gasteiger partial charge on any atom is -0.432 e. The fourth-order valence-electron chi connectivity index (χ4n) is 7.15. The van der Waals surface area contributed by atoms with Gasteiger partial charge in [0.05, 0.1) is 19.1 Å². The Labute approximate surface area is 253 Å². The summed E-state index contributed by atoms with van der Waals surface area (Å²) in [6, 6.07) is 7.17. The molecule has 244 valence electrons. The van der Waals surface area contributed by atoms with Crippen molar-refractivity contribution in [1.82, 2.24) is 0 Å². The van der Waals surface area contributed by atoms with Crippen molar-refractivity contribution in [2.75, 3.05) is 13.2 Å². The molecule has 1 heterocycles. The van der Waals surface area contributed by atoms with Gasteiger partial charge in [-0.05, 0) is 99.3 Å². The van der Waals surface area contributed by atoms with E-state index in [1.54, 1.807) is 0 Å². The molecule has 0 spiro atoms. The maximum Gasteiger partial charge on any atom is 0.573 e. The van der Waals surface area contributed by atoms with Crippen LogP contribution in [0.15, 0.2) is 36.4 Å². The van der Waals surface area contributed by atoms with Crippen LogP contribution in [0.1, 0.15) is 94.5 Å². The highest BCUT2D eigenvalue weighted by Crippen LogP contribution is 2.47. The third-order valence-electron chi connectivity index (χ3n) is 9.47. The molecule has 11 heteroatoms. The first-order chi connectivity index (χ1) is 20.9. The van der Waals surface area contributed by atoms with E-state index in [4.69, 9.17) is 14.2 Å². The van der Waals surface area contributed by atoms with E-state index in [0.29, 0.717) is 61.2 Å². The molecule has 2 aliphatic carbocycles. The second-order valence-electron chi connectivity index (χ2n) is 12.5. The number of hydrogen-bond acceptors (Lipinski definition) is 4. The Morgan fingerprint density at radius 2 is 1.39 bits per heavy atom. The summed E-state index contributed by atoms with van der Waals surface area (Å²) in [6.07, 6.45) is -2.08. The normalized spacial score (nSPS) is 28.5. The van der Waals surface area contributed by atoms with Crippen LogP contribution in [0.4, 0.5) is 30.7 Å². The monoisotopic (exact) mass is 632 g/mol. The van der Waals surface area contributed by atoms with Crippen molar-refractivity contribution in [1.29, 1.82) is 0 Å². The van der Waals surface area contributed by atoms with Crippen molar-refractivity contribution in [3.63, 3.8) is 0 Å². The van der Waals surface area contributed by atoms with Gasteiger partial charge in [-0.3, -0.25) is 0 Å². The average Bonchev–Trinajstić information content (AvgIpc) is 2.99. The minimum atomic E-state index is -5.11. The van der Waals surface area contributed by atoms with Gasteiger partial charge in [0.2, 0.25) is 0 Å². The Morgan fingerprint density at radius 3 is 1.95 bits per heavy atom. The van der Waals surface area contributed by atoms with Crippen LogP contribution in [0.5, 0.6) is 11.5 Å². The summed E-state index contributed by atoms with van der Waals surface area (Å²) >= 11 is 0. The predicted octanol–water partition coefficient (Wildman–Crippen LogP) is 10.1. The van der Waals surface area contributed by atoms with Gasteiger partial charge in [-0.1, -0.05) is 25.5 Å². The largest absolute Gasteiger partial charge is 0.573 e. The number of alkyl halides is 5. The molecular weight excluding hydrogens is 593 g/mol. The van der Waals surface area contributed by atoms with Crippen LogP contribution in [-0.4, -0.2) is 25.7 Å². The molecular formula is C33H39F7O4. The molecule has 3 aliphatic rings. The molecule has 2 aromatic carbocycles. The van der Waals surface area contributed by atoms with Crippen molar-refractivity contribution < 1.29 is 49.7 Å². The lowest BCUT2D eigenvalue weighted by molar-refractivity contribution is -0.275. The van der Waals surface area contributed by atoms with E-state index in [1.165, 1.54) is 6.07 Å². The fraction of sp³-hybridized carbons (Fsp3) is 0.636. The van der Waals surface area contributed by atoms with Crippen molar-refractivity contribution in [3.8, 4) is 11.5 Å². The summed E-state index contributed by atoms with van der Waals surface area (Å²) in [5.74, 6) is -3.34. The van der Waals surface area contributed by atoms with Gasteiger partial charge < -0.3 is 18.9 Å². The van der Waals surface area contributed by atoms with Crippen LogP contribution in [0.25, 0.3) is 0 Å². The number of ether oxygens (including phenoxy) is 4. The molecule has 44 heavy (non-hydrogen) atoms. The molecule has 0 atom stereocenters. The SMILES string of the molecule is CCCC1COC(c2ccc(C3CCC(C4CCC(C(F)(F)Oc5ccc(OC(F)(F)F)c(F)c5)CC4)CC3)c(F)c2)OC1. The summed E-state index contributed by atoms with van der Waals surface area (Å²) < 4.78 is 116. The van der Waals surface area contributed by atoms with Crippen molar-refractivity contribution in [2.24, 2.45) is 23.7 Å². The Morgan fingerprint density at radius 1 is 0.750 bits per heavy atom. The van der Waals surface area contributed by atoms with Crippen LogP contribution >= 0.6 is 0 Å². The van der Waals surface area contributed by atoms with E-state index < -0.39 is 42.0 Å². The first-order valence-corrected chi connectivity index (χ1v) is 15.6. The smallest absolute Gasteiger partial charge is 0.432 e. The summed E-state index contributed by atoms with van der Waals surface area (Å²) in [5.41, 5.74) is 1.38. The highest BCUT2D eigenvalue weighted by atomic mass is 19.4. The number of halogens is 7. The lowest BCUT2D eigenvalue weighted by Crippen LogP contribution is -2.38. The maximum absolute atomic E-state index is 15.2. The van der Waals surface area contributed by atoms with Crippen LogP contribution in [-0.2, 0) is 9.47 Å². The highest BCUT2D eigenvalue weighted by Gasteiger charge is 2.45. The van der Waals surface area contributed by atoms with Crippen molar-refractivity contribution in [3.05, 3.63) is 59.2 Å². The summed E-state index contributed by atoms with van der Waals surface area (Å²) in [5, 5.41) is 0. The standard InChI is InChI=1S/C33H39F7O4/c1-2-3-20-18-41-31(42-19-20)24-10-14-27(28(34)16-24)23-6-4-21(5-7-23)22-8-11-25(12-9-22)32(36,37)43-26-13-15-30(29(35)17-26)44-33(38,39)40/h10,13-17,20-23,25,31H,2-9,11-12,18-19H2,1H3. The first-order valence-electron chi connectivity index (χ1n) is 15.6. The fourth-order valence-corrected chi connectivity index (χ4v) is 7.15. The van der Waals surface area contributed by atoms with Gasteiger partial charge in [0.25, 0.3) is 0 Å². The highest BCUT2D eigenvalue weighted by molar-refractivity contribution is 5.33. The van der Waals surface area contributed by atoms with Gasteiger partial charge in [0.15, 0.2) is 17.9 Å². The Bertz CT molecular complexity index is 1230. The second-order valence-corrected chi connectivity index (χ2v) is 12.5. The molecule has 0 aromatic heterocycles. The van der Waals surface area contributed by atoms with Gasteiger partial charge >= 0.3 is 12.5 Å². The number of rotatable bonds is 9. The number of hydrogen-bond donors (Lipinski definition) is 0. The third kappa shape index (κ3) is 8.19. The summed E-state index contributed by atoms with van der Waals surface area (Å²) in [7, 11) is 0. The van der Waals surface area contributed by atoms with Crippen LogP contribution < -0.4 is 9.47 Å². The molecule has 1 saturated heterocycles. The van der Waals surface area contributed by atoms with Crippen LogP contribution in [0.2, 0.25) is 0 Å². The molecule has 2 saturated carbocycles. The minimum absolute atomic E-state index is 0.102. The molecule has 1 aliphatic heterocycles. The molecule has 0 bridgehead atoms. The van der Waals surface area contributed by atoms with E-state index in [0.717, 1.165) is 44.6 Å². The average molecular weight is 633 g/mol. The quantitative estimate of drug-likeness (QED) is 0.258. The van der Waals surface area contributed by atoms with E-state index in [2.05, 4.69) is 11.7 Å². The topological polar surface area (TPSA) is 36.9 Å². The van der Waals surface area contributed by atoms with E-state index in [1.807, 2.05) is 12.1 Å². The van der Waals surface area contributed by atoms with Gasteiger partial charge in [-0.15, -0.1) is 13.2 Å².